The van der Waals surface area contributed by atoms with Gasteiger partial charge in [0.1, 0.15) is 17.8 Å². The van der Waals surface area contributed by atoms with Gasteiger partial charge in [-0.3, -0.25) is 10.00 Å². The molecule has 1 unspecified atom stereocenters. The van der Waals surface area contributed by atoms with Crippen LogP contribution in [0.4, 0.5) is 0 Å². The average Bonchev–Trinajstić information content (AvgIpc) is 3.11. The summed E-state index contributed by atoms with van der Waals surface area (Å²) in [5.41, 5.74) is 0. The highest BCUT2D eigenvalue weighted by molar-refractivity contribution is 4.97. The molecule has 3 heterocycles. The number of nitrogens with zero attached hydrogens (tertiary/aromatic N) is 4. The summed E-state index contributed by atoms with van der Waals surface area (Å²) in [5.74, 6) is 2.68. The highest BCUT2D eigenvalue weighted by Crippen LogP contribution is 2.20. The summed E-state index contributed by atoms with van der Waals surface area (Å²) in [6, 6.07) is 0. The minimum Gasteiger partial charge on any atom is -0.367 e. The summed E-state index contributed by atoms with van der Waals surface area (Å²) in [5, 5.41) is 7.26. The van der Waals surface area contributed by atoms with E-state index in [2.05, 4.69) is 37.0 Å². The molecule has 0 bridgehead atoms. The molecular weight excluding hydrogens is 256 g/mol. The van der Waals surface area contributed by atoms with Crippen molar-refractivity contribution < 1.29 is 4.74 Å². The molecule has 1 fully saturated rings. The van der Waals surface area contributed by atoms with E-state index in [4.69, 9.17) is 4.74 Å². The molecule has 0 saturated carbocycles. The van der Waals surface area contributed by atoms with Crippen LogP contribution in [0, 0.1) is 0 Å². The highest BCUT2D eigenvalue weighted by atomic mass is 16.5. The third-order valence-electron chi connectivity index (χ3n) is 3.40. The number of hydrogen-bond acceptors (Lipinski definition) is 5. The fourth-order valence-electron chi connectivity index (χ4n) is 2.40. The van der Waals surface area contributed by atoms with Crippen LogP contribution < -0.4 is 0 Å². The van der Waals surface area contributed by atoms with Crippen LogP contribution in [-0.2, 0) is 17.7 Å². The lowest BCUT2D eigenvalue weighted by atomic mass is 10.2. The Bertz CT molecular complexity index is 523. The molecule has 0 aromatic carbocycles. The molecule has 20 heavy (non-hydrogen) atoms. The number of ether oxygens (including phenoxy) is 1. The van der Waals surface area contributed by atoms with Crippen molar-refractivity contribution in [3.63, 3.8) is 0 Å². The number of nitrogens with one attached hydrogen (secondary N) is 2. The standard InChI is InChI=1S/C13H20N6O/c1-2-3-11-16-13(18-17-11)10-8-19(6-7-20-10)9-12-14-4-5-15-12/h4-5,10H,2-3,6-9H2,1H3,(H,14,15)(H,16,17,18). The number of aromatic nitrogens is 5. The molecule has 7 nitrogen and oxygen atoms in total. The van der Waals surface area contributed by atoms with Gasteiger partial charge in [-0.25, -0.2) is 9.97 Å². The van der Waals surface area contributed by atoms with E-state index in [-0.39, 0.29) is 6.10 Å². The lowest BCUT2D eigenvalue weighted by Crippen LogP contribution is -2.38. The molecule has 1 atom stereocenters. The summed E-state index contributed by atoms with van der Waals surface area (Å²) < 4.78 is 5.79. The molecule has 2 N–H and O–H groups in total. The van der Waals surface area contributed by atoms with Crippen LogP contribution in [0.5, 0.6) is 0 Å². The lowest BCUT2D eigenvalue weighted by molar-refractivity contribution is -0.0377. The molecule has 1 aliphatic rings. The van der Waals surface area contributed by atoms with Crippen LogP contribution in [-0.4, -0.2) is 49.7 Å². The van der Waals surface area contributed by atoms with Crippen LogP contribution in [0.1, 0.15) is 36.9 Å². The SMILES string of the molecule is CCCc1nc(C2CN(Cc3ncc[nH]3)CCO2)n[nH]1. The Balaban J connectivity index is 1.62. The molecule has 3 rings (SSSR count). The molecule has 0 spiro atoms. The minimum absolute atomic E-state index is 0.0550. The molecule has 0 amide bonds. The summed E-state index contributed by atoms with van der Waals surface area (Å²) in [4.78, 5) is 14.2. The second kappa shape index (κ2) is 6.15. The second-order valence-corrected chi connectivity index (χ2v) is 5.02. The van der Waals surface area contributed by atoms with Gasteiger partial charge in [-0.1, -0.05) is 6.92 Å². The topological polar surface area (TPSA) is 82.7 Å². The van der Waals surface area contributed by atoms with Crippen LogP contribution in [0.3, 0.4) is 0 Å². The largest absolute Gasteiger partial charge is 0.367 e. The van der Waals surface area contributed by atoms with Crippen molar-refractivity contribution in [1.82, 2.24) is 30.0 Å². The van der Waals surface area contributed by atoms with Crippen molar-refractivity contribution in [3.05, 3.63) is 29.9 Å². The molecule has 2 aromatic heterocycles. The van der Waals surface area contributed by atoms with Gasteiger partial charge in [0.25, 0.3) is 0 Å². The van der Waals surface area contributed by atoms with Gasteiger partial charge < -0.3 is 9.72 Å². The van der Waals surface area contributed by atoms with Crippen LogP contribution in [0.2, 0.25) is 0 Å². The first kappa shape index (κ1) is 13.3. The molecule has 1 aliphatic heterocycles. The van der Waals surface area contributed by atoms with E-state index in [1.54, 1.807) is 6.20 Å². The van der Waals surface area contributed by atoms with Crippen molar-refractivity contribution >= 4 is 0 Å². The van der Waals surface area contributed by atoms with Crippen molar-refractivity contribution in [2.45, 2.75) is 32.4 Å². The number of H-pyrrole nitrogens is 2. The van der Waals surface area contributed by atoms with E-state index in [0.717, 1.165) is 49.9 Å². The molecule has 0 radical (unpaired) electrons. The fourth-order valence-corrected chi connectivity index (χ4v) is 2.40. The number of morpholine rings is 1. The van der Waals surface area contributed by atoms with Crippen molar-refractivity contribution in [1.29, 1.82) is 0 Å². The fraction of sp³-hybridized carbons (Fsp3) is 0.615. The van der Waals surface area contributed by atoms with E-state index in [0.29, 0.717) is 6.61 Å². The number of aryl methyl sites for hydroxylation is 1. The Labute approximate surface area is 117 Å². The third-order valence-corrected chi connectivity index (χ3v) is 3.40. The van der Waals surface area contributed by atoms with Gasteiger partial charge in [0, 0.05) is 31.9 Å². The first-order valence-corrected chi connectivity index (χ1v) is 7.08. The maximum Gasteiger partial charge on any atom is 0.180 e. The molecule has 7 heteroatoms. The summed E-state index contributed by atoms with van der Waals surface area (Å²) in [7, 11) is 0. The van der Waals surface area contributed by atoms with Crippen molar-refractivity contribution in [2.24, 2.45) is 0 Å². The van der Waals surface area contributed by atoms with Crippen LogP contribution >= 0.6 is 0 Å². The van der Waals surface area contributed by atoms with Crippen LogP contribution in [0.15, 0.2) is 12.4 Å². The Hall–Kier alpha value is -1.73. The number of imidazole rings is 1. The maximum absolute atomic E-state index is 5.79. The zero-order valence-corrected chi connectivity index (χ0v) is 11.7. The molecule has 1 saturated heterocycles. The zero-order valence-electron chi connectivity index (χ0n) is 11.7. The summed E-state index contributed by atoms with van der Waals surface area (Å²) in [6.07, 6.45) is 5.56. The number of rotatable bonds is 5. The van der Waals surface area contributed by atoms with Gasteiger partial charge in [0.05, 0.1) is 13.2 Å². The first-order chi connectivity index (χ1) is 9.85. The third kappa shape index (κ3) is 3.05. The normalized spacial score (nSPS) is 20.4. The van der Waals surface area contributed by atoms with Crippen molar-refractivity contribution in [2.75, 3.05) is 19.7 Å². The molecule has 2 aromatic rings. The Morgan fingerprint density at radius 3 is 3.20 bits per heavy atom. The Morgan fingerprint density at radius 1 is 1.45 bits per heavy atom. The second-order valence-electron chi connectivity index (χ2n) is 5.02. The van der Waals surface area contributed by atoms with Gasteiger partial charge >= 0.3 is 0 Å². The molecule has 0 aliphatic carbocycles. The molecule has 108 valence electrons. The van der Waals surface area contributed by atoms with Gasteiger partial charge in [-0.05, 0) is 6.42 Å². The van der Waals surface area contributed by atoms with Gasteiger partial charge in [-0.15, -0.1) is 0 Å². The van der Waals surface area contributed by atoms with E-state index >= 15 is 0 Å². The Morgan fingerprint density at radius 2 is 2.40 bits per heavy atom. The minimum atomic E-state index is -0.0550. The Kier molecular flexibility index (Phi) is 4.08. The highest BCUT2D eigenvalue weighted by Gasteiger charge is 2.25. The lowest BCUT2D eigenvalue weighted by Gasteiger charge is -2.30. The zero-order chi connectivity index (χ0) is 13.8. The number of hydrogen-bond donors (Lipinski definition) is 2. The van der Waals surface area contributed by atoms with Gasteiger partial charge in [0.15, 0.2) is 5.82 Å². The number of aromatic amines is 2. The predicted molar refractivity (Wildman–Crippen MR) is 72.9 cm³/mol. The predicted octanol–water partition coefficient (Wildman–Crippen LogP) is 1.05. The van der Waals surface area contributed by atoms with Gasteiger partial charge in [-0.2, -0.15) is 5.10 Å². The van der Waals surface area contributed by atoms with E-state index in [1.165, 1.54) is 0 Å². The van der Waals surface area contributed by atoms with Crippen LogP contribution in [0.25, 0.3) is 0 Å². The van der Waals surface area contributed by atoms with E-state index in [9.17, 15) is 0 Å². The van der Waals surface area contributed by atoms with Crippen molar-refractivity contribution in [3.8, 4) is 0 Å². The maximum atomic E-state index is 5.79. The quantitative estimate of drug-likeness (QED) is 0.853. The summed E-state index contributed by atoms with van der Waals surface area (Å²) >= 11 is 0. The monoisotopic (exact) mass is 276 g/mol. The molecular formula is C13H20N6O. The average molecular weight is 276 g/mol. The first-order valence-electron chi connectivity index (χ1n) is 7.08. The van der Waals surface area contributed by atoms with E-state index < -0.39 is 0 Å². The smallest absolute Gasteiger partial charge is 0.180 e. The van der Waals surface area contributed by atoms with Gasteiger partial charge in [0.2, 0.25) is 0 Å². The summed E-state index contributed by atoms with van der Waals surface area (Å²) in [6.45, 7) is 5.33. The van der Waals surface area contributed by atoms with E-state index in [1.807, 2.05) is 6.20 Å².